The largest absolute Gasteiger partial charge is 0.489 e. The molecule has 0 fully saturated rings. The topological polar surface area (TPSA) is 35.5 Å². The average molecular weight is 356 g/mol. The number of halogens is 2. The summed E-state index contributed by atoms with van der Waals surface area (Å²) in [5.41, 5.74) is 0.594. The van der Waals surface area contributed by atoms with Crippen molar-refractivity contribution < 1.29 is 14.3 Å². The second-order valence-electron chi connectivity index (χ2n) is 3.94. The lowest BCUT2D eigenvalue weighted by Gasteiger charge is -2.10. The van der Waals surface area contributed by atoms with E-state index in [0.29, 0.717) is 35.3 Å². The van der Waals surface area contributed by atoms with Crippen LogP contribution in [0.4, 0.5) is 0 Å². The van der Waals surface area contributed by atoms with Gasteiger partial charge in [-0.2, -0.15) is 0 Å². The molecule has 0 spiro atoms. The highest BCUT2D eigenvalue weighted by atomic mass is 79.9. The summed E-state index contributed by atoms with van der Waals surface area (Å²) >= 11 is 9.32. The van der Waals surface area contributed by atoms with E-state index in [4.69, 9.17) is 21.1 Å². The normalized spacial score (nSPS) is 10.1. The highest BCUT2D eigenvalue weighted by molar-refractivity contribution is 9.10. The molecule has 0 aliphatic heterocycles. The molecule has 2 aromatic rings. The number of carbonyl (C=O) groups is 1. The number of ether oxygens (including phenoxy) is 2. The zero-order chi connectivity index (χ0) is 14.4. The number of rotatable bonds is 6. The number of para-hydroxylation sites is 1. The third-order valence-electron chi connectivity index (χ3n) is 2.53. The molecule has 0 aliphatic rings. The SMILES string of the molecule is O=Cc1ccc(OCCOc2ccccc2Cl)c(Br)c1. The molecule has 0 bridgehead atoms. The van der Waals surface area contributed by atoms with Crippen molar-refractivity contribution >= 4 is 33.8 Å². The minimum Gasteiger partial charge on any atom is -0.489 e. The maximum absolute atomic E-state index is 10.6. The van der Waals surface area contributed by atoms with Crippen LogP contribution in [0.2, 0.25) is 5.02 Å². The van der Waals surface area contributed by atoms with E-state index in [1.165, 1.54) is 0 Å². The summed E-state index contributed by atoms with van der Waals surface area (Å²) < 4.78 is 11.8. The average Bonchev–Trinajstić information content (AvgIpc) is 2.46. The molecule has 0 amide bonds. The van der Waals surface area contributed by atoms with Gasteiger partial charge in [-0.05, 0) is 46.3 Å². The summed E-state index contributed by atoms with van der Waals surface area (Å²) in [5, 5.41) is 0.573. The van der Waals surface area contributed by atoms with Crippen LogP contribution in [0, 0.1) is 0 Å². The van der Waals surface area contributed by atoms with Crippen molar-refractivity contribution in [2.24, 2.45) is 0 Å². The quantitative estimate of drug-likeness (QED) is 0.570. The Morgan fingerprint density at radius 2 is 1.75 bits per heavy atom. The number of hydrogen-bond acceptors (Lipinski definition) is 3. The van der Waals surface area contributed by atoms with Gasteiger partial charge in [-0.1, -0.05) is 23.7 Å². The maximum Gasteiger partial charge on any atom is 0.150 e. The highest BCUT2D eigenvalue weighted by Crippen LogP contribution is 2.26. The van der Waals surface area contributed by atoms with E-state index in [2.05, 4.69) is 15.9 Å². The van der Waals surface area contributed by atoms with Crippen LogP contribution in [0.1, 0.15) is 10.4 Å². The summed E-state index contributed by atoms with van der Waals surface area (Å²) in [6.45, 7) is 0.760. The fraction of sp³-hybridized carbons (Fsp3) is 0.133. The molecule has 2 aromatic carbocycles. The Kier molecular flexibility index (Phi) is 5.44. The van der Waals surface area contributed by atoms with E-state index in [-0.39, 0.29) is 0 Å². The van der Waals surface area contributed by atoms with E-state index in [1.807, 2.05) is 12.1 Å². The van der Waals surface area contributed by atoms with Crippen molar-refractivity contribution in [3.05, 3.63) is 57.5 Å². The first-order valence-corrected chi connectivity index (χ1v) is 7.12. The molecule has 104 valence electrons. The standard InChI is InChI=1S/C15H12BrClO3/c16-12-9-11(10-18)5-6-14(12)19-7-8-20-15-4-2-1-3-13(15)17/h1-6,9-10H,7-8H2. The van der Waals surface area contributed by atoms with Crippen LogP contribution < -0.4 is 9.47 Å². The second-order valence-corrected chi connectivity index (χ2v) is 5.20. The van der Waals surface area contributed by atoms with Crippen molar-refractivity contribution in [1.82, 2.24) is 0 Å². The van der Waals surface area contributed by atoms with Crippen LogP contribution >= 0.6 is 27.5 Å². The molecular formula is C15H12BrClO3. The zero-order valence-corrected chi connectivity index (χ0v) is 12.9. The lowest BCUT2D eigenvalue weighted by atomic mass is 10.2. The molecular weight excluding hydrogens is 344 g/mol. The third kappa shape index (κ3) is 3.99. The molecule has 0 aromatic heterocycles. The Bertz CT molecular complexity index is 601. The van der Waals surface area contributed by atoms with Gasteiger partial charge in [-0.25, -0.2) is 0 Å². The maximum atomic E-state index is 10.6. The number of carbonyl (C=O) groups excluding carboxylic acids is 1. The molecule has 0 heterocycles. The molecule has 20 heavy (non-hydrogen) atoms. The van der Waals surface area contributed by atoms with Crippen LogP contribution in [0.5, 0.6) is 11.5 Å². The third-order valence-corrected chi connectivity index (χ3v) is 3.46. The van der Waals surface area contributed by atoms with Gasteiger partial charge in [0.2, 0.25) is 0 Å². The summed E-state index contributed by atoms with van der Waals surface area (Å²) in [7, 11) is 0. The summed E-state index contributed by atoms with van der Waals surface area (Å²) in [5.74, 6) is 1.30. The van der Waals surface area contributed by atoms with E-state index in [0.717, 1.165) is 10.8 Å². The monoisotopic (exact) mass is 354 g/mol. The van der Waals surface area contributed by atoms with Crippen LogP contribution in [0.25, 0.3) is 0 Å². The molecule has 0 atom stereocenters. The Morgan fingerprint density at radius 3 is 2.40 bits per heavy atom. The van der Waals surface area contributed by atoms with Crippen LogP contribution in [0.3, 0.4) is 0 Å². The first-order valence-electron chi connectivity index (χ1n) is 5.95. The van der Waals surface area contributed by atoms with Gasteiger partial charge in [-0.15, -0.1) is 0 Å². The van der Waals surface area contributed by atoms with E-state index < -0.39 is 0 Å². The number of aldehydes is 1. The van der Waals surface area contributed by atoms with Crippen LogP contribution in [0.15, 0.2) is 46.9 Å². The minimum atomic E-state index is 0.379. The van der Waals surface area contributed by atoms with Gasteiger partial charge in [0.05, 0.1) is 9.50 Å². The highest BCUT2D eigenvalue weighted by Gasteiger charge is 2.03. The van der Waals surface area contributed by atoms with Gasteiger partial charge in [0.1, 0.15) is 31.0 Å². The number of benzene rings is 2. The molecule has 0 saturated carbocycles. The predicted molar refractivity (Wildman–Crippen MR) is 82.0 cm³/mol. The summed E-state index contributed by atoms with van der Waals surface area (Å²) in [4.78, 5) is 10.6. The van der Waals surface area contributed by atoms with E-state index in [1.54, 1.807) is 30.3 Å². The first kappa shape index (κ1) is 14.9. The van der Waals surface area contributed by atoms with Crippen molar-refractivity contribution in [2.75, 3.05) is 13.2 Å². The lowest BCUT2D eigenvalue weighted by molar-refractivity contribution is 0.112. The van der Waals surface area contributed by atoms with Gasteiger partial charge >= 0.3 is 0 Å². The predicted octanol–water partition coefficient (Wildman–Crippen LogP) is 4.37. The fourth-order valence-corrected chi connectivity index (χ4v) is 2.27. The molecule has 0 radical (unpaired) electrons. The second kappa shape index (κ2) is 7.31. The van der Waals surface area contributed by atoms with Crippen molar-refractivity contribution in [3.63, 3.8) is 0 Å². The first-order chi connectivity index (χ1) is 9.70. The van der Waals surface area contributed by atoms with Gasteiger partial charge in [0, 0.05) is 5.56 Å². The minimum absolute atomic E-state index is 0.379. The Morgan fingerprint density at radius 1 is 1.05 bits per heavy atom. The molecule has 0 N–H and O–H groups in total. The van der Waals surface area contributed by atoms with Crippen molar-refractivity contribution in [1.29, 1.82) is 0 Å². The Balaban J connectivity index is 1.84. The fourth-order valence-electron chi connectivity index (χ4n) is 1.57. The van der Waals surface area contributed by atoms with Gasteiger partial charge in [0.15, 0.2) is 0 Å². The molecule has 0 aliphatic carbocycles. The van der Waals surface area contributed by atoms with Gasteiger partial charge in [-0.3, -0.25) is 4.79 Å². The van der Waals surface area contributed by atoms with Gasteiger partial charge < -0.3 is 9.47 Å². The molecule has 5 heteroatoms. The lowest BCUT2D eigenvalue weighted by Crippen LogP contribution is -2.09. The Labute approximate surface area is 130 Å². The van der Waals surface area contributed by atoms with Gasteiger partial charge in [0.25, 0.3) is 0 Å². The van der Waals surface area contributed by atoms with E-state index >= 15 is 0 Å². The molecule has 2 rings (SSSR count). The summed E-state index contributed by atoms with van der Waals surface area (Å²) in [6, 6.07) is 12.4. The zero-order valence-electron chi connectivity index (χ0n) is 10.5. The smallest absolute Gasteiger partial charge is 0.150 e. The van der Waals surface area contributed by atoms with Crippen LogP contribution in [-0.2, 0) is 0 Å². The molecule has 0 saturated heterocycles. The van der Waals surface area contributed by atoms with Crippen molar-refractivity contribution in [2.45, 2.75) is 0 Å². The molecule has 0 unspecified atom stereocenters. The summed E-state index contributed by atoms with van der Waals surface area (Å²) in [6.07, 6.45) is 0.787. The van der Waals surface area contributed by atoms with E-state index in [9.17, 15) is 4.79 Å². The Hall–Kier alpha value is -1.52. The van der Waals surface area contributed by atoms with Crippen LogP contribution in [-0.4, -0.2) is 19.5 Å². The molecule has 3 nitrogen and oxygen atoms in total. The number of hydrogen-bond donors (Lipinski definition) is 0. The van der Waals surface area contributed by atoms with Crippen molar-refractivity contribution in [3.8, 4) is 11.5 Å².